The van der Waals surface area contributed by atoms with Gasteiger partial charge in [0.25, 0.3) is 11.8 Å². The third kappa shape index (κ3) is 5.01. The van der Waals surface area contributed by atoms with Gasteiger partial charge in [0.1, 0.15) is 18.0 Å². The first-order valence-corrected chi connectivity index (χ1v) is 14.8. The summed E-state index contributed by atoms with van der Waals surface area (Å²) in [6.07, 6.45) is 7.20. The summed E-state index contributed by atoms with van der Waals surface area (Å²) in [6.45, 7) is 4.42. The van der Waals surface area contributed by atoms with Gasteiger partial charge in [-0.25, -0.2) is 18.1 Å². The van der Waals surface area contributed by atoms with Crippen molar-refractivity contribution >= 4 is 39.8 Å². The molecule has 0 aromatic heterocycles. The van der Waals surface area contributed by atoms with Crippen molar-refractivity contribution in [2.24, 2.45) is 10.9 Å². The highest BCUT2D eigenvalue weighted by Crippen LogP contribution is 2.35. The van der Waals surface area contributed by atoms with E-state index >= 15 is 0 Å². The second kappa shape index (κ2) is 10.3. The van der Waals surface area contributed by atoms with Crippen molar-refractivity contribution in [2.75, 3.05) is 26.2 Å². The van der Waals surface area contributed by atoms with E-state index in [0.717, 1.165) is 47.5 Å². The number of cyclic esters (lactones) is 1. The summed E-state index contributed by atoms with van der Waals surface area (Å²) in [5.41, 5.74) is 1.62. The van der Waals surface area contributed by atoms with Gasteiger partial charge in [-0.05, 0) is 74.4 Å². The molecule has 1 aliphatic carbocycles. The number of aliphatic imine (C=N–C) groups is 1. The Bertz CT molecular complexity index is 1300. The quantitative estimate of drug-likeness (QED) is 0.609. The lowest BCUT2D eigenvalue weighted by atomic mass is 9.88. The molecule has 2 saturated heterocycles. The molecule has 0 bridgehead atoms. The molecule has 3 heterocycles. The number of carbonyl (C=O) groups is 3. The van der Waals surface area contributed by atoms with Crippen LogP contribution in [-0.4, -0.2) is 73.1 Å². The average molecular weight is 543 g/mol. The Balaban J connectivity index is 1.26. The first-order chi connectivity index (χ1) is 18.1. The minimum Gasteiger partial charge on any atom is -0.447 e. The largest absolute Gasteiger partial charge is 0.447 e. The summed E-state index contributed by atoms with van der Waals surface area (Å²) in [7, 11) is -3.72. The van der Waals surface area contributed by atoms with Crippen LogP contribution in [0.3, 0.4) is 0 Å². The van der Waals surface area contributed by atoms with Crippen molar-refractivity contribution in [3.63, 3.8) is 0 Å². The number of hydrogen-bond acceptors (Lipinski definition) is 7. The Morgan fingerprint density at radius 1 is 1.08 bits per heavy atom. The Labute approximate surface area is 223 Å². The van der Waals surface area contributed by atoms with Crippen LogP contribution in [0.1, 0.15) is 72.0 Å². The molecule has 3 amide bonds. The smallest absolute Gasteiger partial charge is 0.416 e. The molecule has 3 aliphatic heterocycles. The van der Waals surface area contributed by atoms with Crippen LogP contribution in [0.25, 0.3) is 6.08 Å². The fourth-order valence-electron chi connectivity index (χ4n) is 5.90. The SMILES string of the molecule is Cc1cc(C(=O)N2CCOC2=O)cc(C)c1C=CS(=O)(=O)N1CCC2(CC1)N=C(C1CCCCC1)NC2=O. The number of imide groups is 1. The minimum atomic E-state index is -3.72. The highest BCUT2D eigenvalue weighted by molar-refractivity contribution is 7.92. The molecule has 1 N–H and O–H groups in total. The average Bonchev–Trinajstić information content (AvgIpc) is 3.46. The van der Waals surface area contributed by atoms with Gasteiger partial charge >= 0.3 is 6.09 Å². The molecule has 5 rings (SSSR count). The molecule has 10 nitrogen and oxygen atoms in total. The molecule has 0 unspecified atom stereocenters. The third-order valence-electron chi connectivity index (χ3n) is 8.15. The van der Waals surface area contributed by atoms with E-state index in [1.54, 1.807) is 32.1 Å². The molecule has 1 saturated carbocycles. The van der Waals surface area contributed by atoms with Crippen LogP contribution >= 0.6 is 0 Å². The van der Waals surface area contributed by atoms with E-state index in [1.165, 1.54) is 16.1 Å². The third-order valence-corrected chi connectivity index (χ3v) is 9.72. The van der Waals surface area contributed by atoms with Gasteiger partial charge in [-0.15, -0.1) is 0 Å². The number of benzene rings is 1. The number of aryl methyl sites for hydroxylation is 2. The van der Waals surface area contributed by atoms with E-state index < -0.39 is 27.6 Å². The Hall–Kier alpha value is -3.05. The second-order valence-corrected chi connectivity index (χ2v) is 12.5. The summed E-state index contributed by atoms with van der Waals surface area (Å²) >= 11 is 0. The van der Waals surface area contributed by atoms with Crippen molar-refractivity contribution in [2.45, 2.75) is 64.3 Å². The van der Waals surface area contributed by atoms with Crippen LogP contribution in [0.5, 0.6) is 0 Å². The van der Waals surface area contributed by atoms with Crippen LogP contribution in [0.2, 0.25) is 0 Å². The summed E-state index contributed by atoms with van der Waals surface area (Å²) < 4.78 is 32.6. The Morgan fingerprint density at radius 2 is 1.74 bits per heavy atom. The fourth-order valence-corrected chi connectivity index (χ4v) is 7.07. The molecule has 3 fully saturated rings. The van der Waals surface area contributed by atoms with Crippen molar-refractivity contribution in [3.05, 3.63) is 39.8 Å². The molecule has 1 aromatic rings. The summed E-state index contributed by atoms with van der Waals surface area (Å²) in [6, 6.07) is 3.30. The van der Waals surface area contributed by atoms with E-state index in [0.29, 0.717) is 29.9 Å². The van der Waals surface area contributed by atoms with Gasteiger partial charge in [0, 0.05) is 30.0 Å². The van der Waals surface area contributed by atoms with E-state index in [4.69, 9.17) is 9.73 Å². The molecular weight excluding hydrogens is 508 g/mol. The van der Waals surface area contributed by atoms with Gasteiger partial charge in [-0.1, -0.05) is 19.3 Å². The number of carbonyl (C=O) groups excluding carboxylic acids is 3. The number of nitrogens with one attached hydrogen (secondary N) is 1. The molecule has 204 valence electrons. The van der Waals surface area contributed by atoms with Gasteiger partial charge in [-0.3, -0.25) is 14.6 Å². The maximum atomic E-state index is 13.2. The number of amides is 3. The molecule has 38 heavy (non-hydrogen) atoms. The van der Waals surface area contributed by atoms with Crippen molar-refractivity contribution in [1.82, 2.24) is 14.5 Å². The zero-order valence-corrected chi connectivity index (χ0v) is 22.7. The predicted octanol–water partition coefficient (Wildman–Crippen LogP) is 3.14. The zero-order chi connectivity index (χ0) is 27.1. The summed E-state index contributed by atoms with van der Waals surface area (Å²) in [5.74, 6) is 0.553. The van der Waals surface area contributed by atoms with E-state index in [-0.39, 0.29) is 32.1 Å². The first-order valence-electron chi connectivity index (χ1n) is 13.3. The van der Waals surface area contributed by atoms with Gasteiger partial charge in [-0.2, -0.15) is 4.31 Å². The van der Waals surface area contributed by atoms with Crippen molar-refractivity contribution in [3.8, 4) is 0 Å². The molecule has 0 atom stereocenters. The van der Waals surface area contributed by atoms with Crippen LogP contribution in [-0.2, 0) is 19.6 Å². The predicted molar refractivity (Wildman–Crippen MR) is 142 cm³/mol. The van der Waals surface area contributed by atoms with E-state index in [2.05, 4.69) is 5.32 Å². The number of sulfonamides is 1. The number of nitrogens with zero attached hydrogens (tertiary/aromatic N) is 3. The van der Waals surface area contributed by atoms with Crippen molar-refractivity contribution in [1.29, 1.82) is 0 Å². The van der Waals surface area contributed by atoms with Crippen LogP contribution in [0.4, 0.5) is 4.79 Å². The van der Waals surface area contributed by atoms with E-state index in [9.17, 15) is 22.8 Å². The lowest BCUT2D eigenvalue weighted by molar-refractivity contribution is -0.125. The Morgan fingerprint density at radius 3 is 2.34 bits per heavy atom. The van der Waals surface area contributed by atoms with Crippen LogP contribution in [0, 0.1) is 19.8 Å². The van der Waals surface area contributed by atoms with Crippen LogP contribution < -0.4 is 5.32 Å². The fraction of sp³-hybridized carbons (Fsp3) is 0.556. The summed E-state index contributed by atoms with van der Waals surface area (Å²) in [5, 5.41) is 4.19. The van der Waals surface area contributed by atoms with Gasteiger partial charge < -0.3 is 10.1 Å². The molecule has 11 heteroatoms. The maximum absolute atomic E-state index is 13.2. The zero-order valence-electron chi connectivity index (χ0n) is 21.9. The highest BCUT2D eigenvalue weighted by atomic mass is 32.2. The molecule has 1 aromatic carbocycles. The molecule has 1 spiro atoms. The highest BCUT2D eigenvalue weighted by Gasteiger charge is 2.48. The monoisotopic (exact) mass is 542 g/mol. The topological polar surface area (TPSA) is 125 Å². The lowest BCUT2D eigenvalue weighted by Crippen LogP contribution is -2.50. The second-order valence-electron chi connectivity index (χ2n) is 10.7. The first kappa shape index (κ1) is 26.6. The Kier molecular flexibility index (Phi) is 7.17. The van der Waals surface area contributed by atoms with Gasteiger partial charge in [0.2, 0.25) is 10.0 Å². The van der Waals surface area contributed by atoms with Gasteiger partial charge in [0.15, 0.2) is 0 Å². The number of hydrogen-bond donors (Lipinski definition) is 1. The summed E-state index contributed by atoms with van der Waals surface area (Å²) in [4.78, 5) is 43.2. The number of rotatable bonds is 5. The van der Waals surface area contributed by atoms with Crippen LogP contribution in [0.15, 0.2) is 22.5 Å². The molecule has 4 aliphatic rings. The number of amidine groups is 1. The number of ether oxygens (including phenoxy) is 1. The standard InChI is InChI=1S/C27H34N4O6S/c1-18-16-21(24(32)31-13-14-37-26(31)34)17-19(2)22(18)8-15-38(35,36)30-11-9-27(10-12-30)25(33)28-23(29-27)20-6-4-3-5-7-20/h8,15-17,20H,3-7,9-14H2,1-2H3,(H,28,29,33). The lowest BCUT2D eigenvalue weighted by Gasteiger charge is -2.34. The van der Waals surface area contributed by atoms with Gasteiger partial charge in [0.05, 0.1) is 6.54 Å². The normalized spacial score (nSPS) is 22.7. The van der Waals surface area contributed by atoms with Crippen molar-refractivity contribution < 1.29 is 27.5 Å². The maximum Gasteiger partial charge on any atom is 0.416 e. The minimum absolute atomic E-state index is 0.103. The van der Waals surface area contributed by atoms with E-state index in [1.807, 2.05) is 0 Å². The molecular formula is C27H34N4O6S. The number of piperidine rings is 1. The molecule has 0 radical (unpaired) electrons.